The quantitative estimate of drug-likeness (QED) is 0.465. The molecular formula is C22H22N6O3. The summed E-state index contributed by atoms with van der Waals surface area (Å²) in [4.78, 5) is 21.0. The van der Waals surface area contributed by atoms with Gasteiger partial charge in [0.25, 0.3) is 0 Å². The molecule has 9 nitrogen and oxygen atoms in total. The molecule has 0 radical (unpaired) electrons. The summed E-state index contributed by atoms with van der Waals surface area (Å²) in [5.41, 5.74) is 2.87. The van der Waals surface area contributed by atoms with E-state index < -0.39 is 0 Å². The number of aliphatic hydroxyl groups excluding tert-OH is 1. The molecule has 0 amide bonds. The summed E-state index contributed by atoms with van der Waals surface area (Å²) in [5, 5.41) is 17.6. The van der Waals surface area contributed by atoms with Crippen LogP contribution in [0.15, 0.2) is 66.1 Å². The predicted molar refractivity (Wildman–Crippen MR) is 114 cm³/mol. The molecule has 0 aliphatic rings. The van der Waals surface area contributed by atoms with E-state index in [2.05, 4.69) is 20.2 Å². The lowest BCUT2D eigenvalue weighted by molar-refractivity contribution is 0.200. The van der Waals surface area contributed by atoms with Crippen LogP contribution in [-0.4, -0.2) is 47.8 Å². The third-order valence-corrected chi connectivity index (χ3v) is 4.63. The van der Waals surface area contributed by atoms with Crippen LogP contribution in [0.4, 0.5) is 0 Å². The van der Waals surface area contributed by atoms with Gasteiger partial charge in [-0.05, 0) is 18.6 Å². The van der Waals surface area contributed by atoms with Crippen molar-refractivity contribution in [2.24, 2.45) is 0 Å². The van der Waals surface area contributed by atoms with Gasteiger partial charge in [0.2, 0.25) is 5.43 Å². The summed E-state index contributed by atoms with van der Waals surface area (Å²) in [6.07, 6.45) is 8.77. The molecule has 9 heteroatoms. The molecule has 0 aliphatic heterocycles. The van der Waals surface area contributed by atoms with Crippen molar-refractivity contribution in [1.82, 2.24) is 29.5 Å². The lowest BCUT2D eigenvalue weighted by Gasteiger charge is -2.07. The molecule has 3 aromatic heterocycles. The lowest BCUT2D eigenvalue weighted by Crippen LogP contribution is -2.16. The van der Waals surface area contributed by atoms with Crippen molar-refractivity contribution in [1.29, 1.82) is 0 Å². The summed E-state index contributed by atoms with van der Waals surface area (Å²) in [6, 6.07) is 9.20. The molecule has 0 aliphatic carbocycles. The zero-order chi connectivity index (χ0) is 21.6. The van der Waals surface area contributed by atoms with E-state index in [4.69, 9.17) is 9.84 Å². The van der Waals surface area contributed by atoms with Crippen LogP contribution in [0.3, 0.4) is 0 Å². The molecule has 158 valence electrons. The highest BCUT2D eigenvalue weighted by Gasteiger charge is 2.09. The molecule has 0 saturated carbocycles. The van der Waals surface area contributed by atoms with Gasteiger partial charge in [-0.1, -0.05) is 18.2 Å². The molecule has 31 heavy (non-hydrogen) atoms. The number of hydrogen-bond donors (Lipinski definition) is 1. The van der Waals surface area contributed by atoms with E-state index in [1.165, 1.54) is 6.07 Å². The Hall–Kier alpha value is -3.85. The van der Waals surface area contributed by atoms with Crippen LogP contribution in [0.25, 0.3) is 17.1 Å². The third-order valence-electron chi connectivity index (χ3n) is 4.63. The van der Waals surface area contributed by atoms with Crippen molar-refractivity contribution >= 4 is 0 Å². The molecule has 0 spiro atoms. The summed E-state index contributed by atoms with van der Waals surface area (Å²) >= 11 is 0. The molecule has 1 aromatic carbocycles. The average Bonchev–Trinajstić information content (AvgIpc) is 3.29. The van der Waals surface area contributed by atoms with Gasteiger partial charge < -0.3 is 9.84 Å². The monoisotopic (exact) mass is 418 g/mol. The maximum Gasteiger partial charge on any atom is 0.203 e. The van der Waals surface area contributed by atoms with Gasteiger partial charge in [0.05, 0.1) is 31.4 Å². The van der Waals surface area contributed by atoms with Gasteiger partial charge in [-0.25, -0.2) is 14.6 Å². The molecule has 0 bridgehead atoms. The van der Waals surface area contributed by atoms with Crippen LogP contribution in [0, 0.1) is 0 Å². The number of ether oxygens (including phenoxy) is 1. The van der Waals surface area contributed by atoms with Crippen molar-refractivity contribution < 1.29 is 9.84 Å². The fourth-order valence-electron chi connectivity index (χ4n) is 3.07. The molecule has 4 aromatic rings. The number of benzene rings is 1. The molecule has 4 rings (SSSR count). The zero-order valence-corrected chi connectivity index (χ0v) is 17.0. The van der Waals surface area contributed by atoms with Crippen LogP contribution in [0.1, 0.15) is 18.2 Å². The predicted octanol–water partition coefficient (Wildman–Crippen LogP) is 1.87. The smallest absolute Gasteiger partial charge is 0.203 e. The molecule has 0 unspecified atom stereocenters. The van der Waals surface area contributed by atoms with E-state index in [1.807, 2.05) is 37.4 Å². The van der Waals surface area contributed by atoms with Crippen molar-refractivity contribution in [3.8, 4) is 22.8 Å². The first-order valence-electron chi connectivity index (χ1n) is 9.93. The number of aryl methyl sites for hydroxylation is 1. The van der Waals surface area contributed by atoms with E-state index >= 15 is 0 Å². The maximum atomic E-state index is 12.4. The van der Waals surface area contributed by atoms with Crippen LogP contribution >= 0.6 is 0 Å². The Morgan fingerprint density at radius 3 is 2.71 bits per heavy atom. The number of aromatic nitrogens is 6. The number of aliphatic hydroxyl groups is 1. The van der Waals surface area contributed by atoms with E-state index in [9.17, 15) is 4.79 Å². The van der Waals surface area contributed by atoms with Crippen LogP contribution < -0.4 is 10.2 Å². The second kappa shape index (κ2) is 9.31. The first kappa shape index (κ1) is 20.4. The third kappa shape index (κ3) is 4.84. The minimum Gasteiger partial charge on any atom is -0.488 e. The molecular weight excluding hydrogens is 396 g/mol. The highest BCUT2D eigenvalue weighted by molar-refractivity contribution is 5.56. The minimum atomic E-state index is -0.119. The second-order valence-electron chi connectivity index (χ2n) is 6.82. The summed E-state index contributed by atoms with van der Waals surface area (Å²) in [6.45, 7) is 2.89. The standard InChI is InChI=1S/C22H22N6O3/c1-2-27-15-18(12-25-27)28-7-6-21(30)20(26-28)11-16-4-3-5-17(10-16)22-23-13-19(14-24-22)31-9-8-29/h3-7,10,12-15,29H,2,8-9,11H2,1H3. The van der Waals surface area contributed by atoms with E-state index in [1.54, 1.807) is 34.2 Å². The zero-order valence-electron chi connectivity index (χ0n) is 17.0. The molecule has 0 saturated heterocycles. The fourth-order valence-corrected chi connectivity index (χ4v) is 3.07. The Labute approximate surface area is 178 Å². The lowest BCUT2D eigenvalue weighted by atomic mass is 10.1. The van der Waals surface area contributed by atoms with Crippen molar-refractivity contribution in [2.75, 3.05) is 13.2 Å². The molecule has 3 heterocycles. The molecule has 0 atom stereocenters. The Bertz CT molecular complexity index is 1220. The highest BCUT2D eigenvalue weighted by atomic mass is 16.5. The Balaban J connectivity index is 1.56. The van der Waals surface area contributed by atoms with E-state index in [-0.39, 0.29) is 18.6 Å². The van der Waals surface area contributed by atoms with Gasteiger partial charge in [0, 0.05) is 30.8 Å². The van der Waals surface area contributed by atoms with Crippen LogP contribution in [0.5, 0.6) is 5.75 Å². The minimum absolute atomic E-state index is 0.0695. The van der Waals surface area contributed by atoms with E-state index in [0.29, 0.717) is 23.7 Å². The number of hydrogen-bond acceptors (Lipinski definition) is 7. The maximum absolute atomic E-state index is 12.4. The van der Waals surface area contributed by atoms with Crippen molar-refractivity contribution in [2.45, 2.75) is 19.9 Å². The first-order chi connectivity index (χ1) is 15.2. The van der Waals surface area contributed by atoms with Gasteiger partial charge in [-0.2, -0.15) is 10.2 Å². The van der Waals surface area contributed by atoms with Gasteiger partial charge in [0.1, 0.15) is 18.0 Å². The van der Waals surface area contributed by atoms with Crippen molar-refractivity contribution in [3.05, 3.63) is 82.8 Å². The highest BCUT2D eigenvalue weighted by Crippen LogP contribution is 2.19. The molecule has 1 N–H and O–H groups in total. The SMILES string of the molecule is CCn1cc(-n2ccc(=O)c(Cc3cccc(-c4ncc(OCCO)cn4)c3)n2)cn1. The van der Waals surface area contributed by atoms with Crippen LogP contribution in [-0.2, 0) is 13.0 Å². The van der Waals surface area contributed by atoms with Gasteiger partial charge in [-0.3, -0.25) is 9.48 Å². The normalized spacial score (nSPS) is 10.9. The summed E-state index contributed by atoms with van der Waals surface area (Å²) in [7, 11) is 0. The van der Waals surface area contributed by atoms with Gasteiger partial charge >= 0.3 is 0 Å². The Morgan fingerprint density at radius 1 is 1.13 bits per heavy atom. The Morgan fingerprint density at radius 2 is 1.97 bits per heavy atom. The average molecular weight is 418 g/mol. The number of nitrogens with zero attached hydrogens (tertiary/aromatic N) is 6. The first-order valence-corrected chi connectivity index (χ1v) is 9.93. The summed E-state index contributed by atoms with van der Waals surface area (Å²) < 4.78 is 8.76. The summed E-state index contributed by atoms with van der Waals surface area (Å²) in [5.74, 6) is 1.04. The molecule has 0 fully saturated rings. The van der Waals surface area contributed by atoms with Crippen LogP contribution in [0.2, 0.25) is 0 Å². The number of rotatable bonds is 8. The Kier molecular flexibility index (Phi) is 6.13. The van der Waals surface area contributed by atoms with E-state index in [0.717, 1.165) is 23.4 Å². The van der Waals surface area contributed by atoms with Crippen molar-refractivity contribution in [3.63, 3.8) is 0 Å². The second-order valence-corrected chi connectivity index (χ2v) is 6.82. The fraction of sp³-hybridized carbons (Fsp3) is 0.227. The van der Waals surface area contributed by atoms with Gasteiger partial charge in [-0.15, -0.1) is 0 Å². The van der Waals surface area contributed by atoms with Gasteiger partial charge in [0.15, 0.2) is 11.6 Å². The topological polar surface area (TPSA) is 108 Å². The largest absolute Gasteiger partial charge is 0.488 e.